The number of carboxylic acid groups (broad SMARTS) is 1. The first kappa shape index (κ1) is 10.5. The molecule has 4 nitrogen and oxygen atoms in total. The van der Waals surface area contributed by atoms with E-state index < -0.39 is 23.9 Å². The lowest BCUT2D eigenvalue weighted by Crippen LogP contribution is -2.32. The third-order valence-corrected chi connectivity index (χ3v) is 1.65. The van der Waals surface area contributed by atoms with E-state index in [4.69, 9.17) is 10.8 Å². The Kier molecular flexibility index (Phi) is 3.08. The van der Waals surface area contributed by atoms with Gasteiger partial charge in [-0.25, -0.2) is 0 Å². The maximum Gasteiger partial charge on any atom is 0.320 e. The number of nitrogens with two attached hydrogens (primary N) is 1. The van der Waals surface area contributed by atoms with Gasteiger partial charge in [0.1, 0.15) is 6.04 Å². The SMILES string of the molecule is N[C@H](Cc1ccc(F)nc1F)C(=O)O. The van der Waals surface area contributed by atoms with Crippen LogP contribution in [0.5, 0.6) is 0 Å². The van der Waals surface area contributed by atoms with Gasteiger partial charge in [0.25, 0.3) is 0 Å². The molecule has 0 fully saturated rings. The second-order valence-corrected chi connectivity index (χ2v) is 2.73. The normalized spacial score (nSPS) is 12.5. The molecule has 0 saturated heterocycles. The van der Waals surface area contributed by atoms with E-state index in [1.807, 2.05) is 0 Å². The molecule has 0 spiro atoms. The number of hydrogen-bond donors (Lipinski definition) is 2. The van der Waals surface area contributed by atoms with E-state index in [0.29, 0.717) is 0 Å². The summed E-state index contributed by atoms with van der Waals surface area (Å²) in [7, 11) is 0. The Morgan fingerprint density at radius 1 is 1.57 bits per heavy atom. The summed E-state index contributed by atoms with van der Waals surface area (Å²) in [5.74, 6) is -3.22. The lowest BCUT2D eigenvalue weighted by Gasteiger charge is -2.06. The Hall–Kier alpha value is -1.56. The van der Waals surface area contributed by atoms with Crippen molar-refractivity contribution in [1.82, 2.24) is 4.98 Å². The second-order valence-electron chi connectivity index (χ2n) is 2.73. The second kappa shape index (κ2) is 4.10. The minimum atomic E-state index is -1.24. The molecule has 76 valence electrons. The van der Waals surface area contributed by atoms with Crippen molar-refractivity contribution >= 4 is 5.97 Å². The maximum atomic E-state index is 12.9. The molecule has 0 aliphatic carbocycles. The van der Waals surface area contributed by atoms with Crippen LogP contribution in [0.15, 0.2) is 12.1 Å². The minimum absolute atomic E-state index is 0.0127. The fourth-order valence-corrected chi connectivity index (χ4v) is 0.917. The van der Waals surface area contributed by atoms with E-state index in [9.17, 15) is 13.6 Å². The van der Waals surface area contributed by atoms with Crippen LogP contribution in [0.4, 0.5) is 8.78 Å². The van der Waals surface area contributed by atoms with Crippen molar-refractivity contribution in [3.05, 3.63) is 29.6 Å². The fourth-order valence-electron chi connectivity index (χ4n) is 0.917. The average molecular weight is 202 g/mol. The van der Waals surface area contributed by atoms with E-state index in [0.717, 1.165) is 12.1 Å². The summed E-state index contributed by atoms with van der Waals surface area (Å²) >= 11 is 0. The van der Waals surface area contributed by atoms with Crippen molar-refractivity contribution < 1.29 is 18.7 Å². The highest BCUT2D eigenvalue weighted by Gasteiger charge is 2.15. The minimum Gasteiger partial charge on any atom is -0.480 e. The Labute approximate surface area is 78.4 Å². The third-order valence-electron chi connectivity index (χ3n) is 1.65. The molecule has 0 amide bonds. The van der Waals surface area contributed by atoms with Gasteiger partial charge in [0.05, 0.1) is 0 Å². The van der Waals surface area contributed by atoms with E-state index >= 15 is 0 Å². The Balaban J connectivity index is 2.82. The van der Waals surface area contributed by atoms with Crippen LogP contribution in [-0.4, -0.2) is 22.1 Å². The van der Waals surface area contributed by atoms with Crippen LogP contribution in [0.3, 0.4) is 0 Å². The van der Waals surface area contributed by atoms with Gasteiger partial charge in [-0.3, -0.25) is 4.79 Å². The van der Waals surface area contributed by atoms with Gasteiger partial charge in [0.2, 0.25) is 11.9 Å². The number of hydrogen-bond acceptors (Lipinski definition) is 3. The molecule has 0 radical (unpaired) electrons. The van der Waals surface area contributed by atoms with Crippen LogP contribution in [-0.2, 0) is 11.2 Å². The smallest absolute Gasteiger partial charge is 0.320 e. The Bertz CT molecular complexity index is 357. The summed E-state index contributed by atoms with van der Waals surface area (Å²) in [5, 5.41) is 8.45. The molecule has 3 N–H and O–H groups in total. The number of halogens is 2. The number of rotatable bonds is 3. The van der Waals surface area contributed by atoms with Crippen molar-refractivity contribution in [3.63, 3.8) is 0 Å². The first-order valence-electron chi connectivity index (χ1n) is 3.80. The quantitative estimate of drug-likeness (QED) is 0.692. The van der Waals surface area contributed by atoms with Crippen LogP contribution < -0.4 is 5.73 Å². The molecular formula is C8H8F2N2O2. The van der Waals surface area contributed by atoms with Crippen molar-refractivity contribution in [2.45, 2.75) is 12.5 Å². The number of carbonyl (C=O) groups is 1. The summed E-state index contributed by atoms with van der Waals surface area (Å²) in [4.78, 5) is 13.2. The van der Waals surface area contributed by atoms with E-state index in [2.05, 4.69) is 4.98 Å². The number of aromatic nitrogens is 1. The van der Waals surface area contributed by atoms with Crippen LogP contribution in [0.25, 0.3) is 0 Å². The molecule has 6 heteroatoms. The molecule has 0 bridgehead atoms. The highest BCUT2D eigenvalue weighted by molar-refractivity contribution is 5.73. The highest BCUT2D eigenvalue weighted by atomic mass is 19.1. The zero-order valence-electron chi connectivity index (χ0n) is 7.08. The predicted octanol–water partition coefficient (Wildman–Crippen LogP) is 0.314. The van der Waals surface area contributed by atoms with Crippen molar-refractivity contribution in [2.75, 3.05) is 0 Å². The third kappa shape index (κ3) is 2.46. The van der Waals surface area contributed by atoms with Crippen LogP contribution >= 0.6 is 0 Å². The van der Waals surface area contributed by atoms with Gasteiger partial charge in [-0.05, 0) is 12.1 Å². The number of aliphatic carboxylic acids is 1. The molecule has 0 saturated carbocycles. The lowest BCUT2D eigenvalue weighted by molar-refractivity contribution is -0.138. The van der Waals surface area contributed by atoms with Crippen molar-refractivity contribution in [3.8, 4) is 0 Å². The van der Waals surface area contributed by atoms with Crippen LogP contribution in [0.2, 0.25) is 0 Å². The summed E-state index contributed by atoms with van der Waals surface area (Å²) in [5.41, 5.74) is 5.16. The molecular weight excluding hydrogens is 194 g/mol. The molecule has 0 aliphatic heterocycles. The Morgan fingerprint density at radius 2 is 2.21 bits per heavy atom. The van der Waals surface area contributed by atoms with E-state index in [1.165, 1.54) is 0 Å². The van der Waals surface area contributed by atoms with Gasteiger partial charge in [0.15, 0.2) is 0 Å². The summed E-state index contributed by atoms with van der Waals surface area (Å²) in [6.07, 6.45) is -0.214. The molecule has 0 aromatic carbocycles. The molecule has 0 aliphatic rings. The molecule has 1 aromatic rings. The van der Waals surface area contributed by atoms with Crippen molar-refractivity contribution in [2.24, 2.45) is 5.73 Å². The van der Waals surface area contributed by atoms with Gasteiger partial charge in [0, 0.05) is 12.0 Å². The van der Waals surface area contributed by atoms with Gasteiger partial charge >= 0.3 is 5.97 Å². The molecule has 1 aromatic heterocycles. The molecule has 0 unspecified atom stereocenters. The molecule has 14 heavy (non-hydrogen) atoms. The van der Waals surface area contributed by atoms with Crippen molar-refractivity contribution in [1.29, 1.82) is 0 Å². The lowest BCUT2D eigenvalue weighted by atomic mass is 10.1. The number of pyridine rings is 1. The summed E-state index contributed by atoms with van der Waals surface area (Å²) in [6.45, 7) is 0. The highest BCUT2D eigenvalue weighted by Crippen LogP contribution is 2.07. The molecule has 1 atom stereocenters. The van der Waals surface area contributed by atoms with E-state index in [-0.39, 0.29) is 12.0 Å². The van der Waals surface area contributed by atoms with Crippen LogP contribution in [0, 0.1) is 11.9 Å². The molecule has 1 heterocycles. The maximum absolute atomic E-state index is 12.9. The standard InChI is InChI=1S/C8H8F2N2O2/c9-6-2-1-4(7(10)12-6)3-5(11)8(13)14/h1-2,5H,3,11H2,(H,13,14)/t5-/m1/s1. The number of nitrogens with zero attached hydrogens (tertiary/aromatic N) is 1. The van der Waals surface area contributed by atoms with E-state index in [1.54, 1.807) is 0 Å². The van der Waals surface area contributed by atoms with Gasteiger partial charge in [-0.1, -0.05) is 0 Å². The fraction of sp³-hybridized carbons (Fsp3) is 0.250. The molecule has 1 rings (SSSR count). The van der Waals surface area contributed by atoms with Gasteiger partial charge < -0.3 is 10.8 Å². The summed E-state index contributed by atoms with van der Waals surface area (Å²) in [6, 6.07) is 0.866. The first-order chi connectivity index (χ1) is 6.50. The average Bonchev–Trinajstić information content (AvgIpc) is 2.09. The largest absolute Gasteiger partial charge is 0.480 e. The first-order valence-corrected chi connectivity index (χ1v) is 3.80. The topological polar surface area (TPSA) is 76.2 Å². The van der Waals surface area contributed by atoms with Crippen LogP contribution in [0.1, 0.15) is 5.56 Å². The van der Waals surface area contributed by atoms with Gasteiger partial charge in [-0.15, -0.1) is 0 Å². The zero-order chi connectivity index (χ0) is 10.7. The predicted molar refractivity (Wildman–Crippen MR) is 43.5 cm³/mol. The monoisotopic (exact) mass is 202 g/mol. The summed E-state index contributed by atoms with van der Waals surface area (Å²) < 4.78 is 25.2. The van der Waals surface area contributed by atoms with Gasteiger partial charge in [-0.2, -0.15) is 13.8 Å². The number of carboxylic acids is 1. The zero-order valence-corrected chi connectivity index (χ0v) is 7.08. The Morgan fingerprint density at radius 3 is 2.71 bits per heavy atom.